The maximum absolute atomic E-state index is 12.4. The van der Waals surface area contributed by atoms with E-state index < -0.39 is 0 Å². The molecule has 122 valence electrons. The monoisotopic (exact) mass is 339 g/mol. The van der Waals surface area contributed by atoms with E-state index in [1.807, 2.05) is 6.92 Å². The maximum Gasteiger partial charge on any atom is 0.262 e. The fraction of sp³-hybridized carbons (Fsp3) is 0.333. The first-order valence-electron chi connectivity index (χ1n) is 8.09. The first-order chi connectivity index (χ1) is 11.6. The van der Waals surface area contributed by atoms with Crippen LogP contribution in [0, 0.1) is 6.92 Å². The van der Waals surface area contributed by atoms with Crippen LogP contribution < -0.4 is 0 Å². The van der Waals surface area contributed by atoms with E-state index in [-0.39, 0.29) is 17.7 Å². The van der Waals surface area contributed by atoms with Crippen LogP contribution in [0.3, 0.4) is 0 Å². The molecular formula is C18H17N3O2S. The number of benzene rings is 1. The number of hydrogen-bond acceptors (Lipinski definition) is 5. The highest BCUT2D eigenvalue weighted by Gasteiger charge is 2.35. The second-order valence-corrected chi connectivity index (χ2v) is 6.99. The Balaban J connectivity index is 1.53. The number of aromatic nitrogens is 2. The normalized spacial score (nSPS) is 16.3. The molecule has 0 unspecified atom stereocenters. The molecule has 2 aromatic rings. The first-order valence-corrected chi connectivity index (χ1v) is 9.08. The summed E-state index contributed by atoms with van der Waals surface area (Å²) in [6.45, 7) is 2.01. The number of fused-ring (bicyclic) bond motifs is 2. The van der Waals surface area contributed by atoms with Crippen molar-refractivity contribution < 1.29 is 9.59 Å². The van der Waals surface area contributed by atoms with Gasteiger partial charge in [-0.2, -0.15) is 0 Å². The van der Waals surface area contributed by atoms with Crippen LogP contribution in [0.5, 0.6) is 0 Å². The van der Waals surface area contributed by atoms with Crippen LogP contribution in [0.25, 0.3) is 0 Å². The molecule has 1 aliphatic carbocycles. The first kappa shape index (κ1) is 15.3. The number of aryl methyl sites for hydroxylation is 2. The molecule has 0 saturated carbocycles. The Morgan fingerprint density at radius 2 is 1.71 bits per heavy atom. The highest BCUT2D eigenvalue weighted by atomic mass is 32.2. The van der Waals surface area contributed by atoms with Crippen LogP contribution in [-0.4, -0.2) is 32.6 Å². The van der Waals surface area contributed by atoms with Gasteiger partial charge in [-0.15, -0.1) is 0 Å². The van der Waals surface area contributed by atoms with Crippen LogP contribution in [0.1, 0.15) is 50.5 Å². The van der Waals surface area contributed by atoms with Gasteiger partial charge in [-0.3, -0.25) is 14.5 Å². The topological polar surface area (TPSA) is 63.2 Å². The fourth-order valence-electron chi connectivity index (χ4n) is 3.30. The molecule has 0 fully saturated rings. The number of carbonyl (C=O) groups is 2. The summed E-state index contributed by atoms with van der Waals surface area (Å²) in [5, 5.41) is 0.643. The van der Waals surface area contributed by atoms with Gasteiger partial charge in [0.2, 0.25) is 0 Å². The Labute approximate surface area is 144 Å². The lowest BCUT2D eigenvalue weighted by Crippen LogP contribution is -2.29. The molecule has 0 radical (unpaired) electrons. The number of carbonyl (C=O) groups excluding carboxylic acids is 2. The van der Waals surface area contributed by atoms with Gasteiger partial charge in [-0.05, 0) is 50.3 Å². The van der Waals surface area contributed by atoms with Crippen molar-refractivity contribution in [3.05, 3.63) is 52.3 Å². The van der Waals surface area contributed by atoms with Crippen molar-refractivity contribution >= 4 is 23.6 Å². The van der Waals surface area contributed by atoms with Crippen molar-refractivity contribution in [3.63, 3.8) is 0 Å². The van der Waals surface area contributed by atoms with E-state index in [1.54, 1.807) is 24.3 Å². The molecule has 0 bridgehead atoms. The largest absolute Gasteiger partial charge is 0.269 e. The summed E-state index contributed by atoms with van der Waals surface area (Å²) in [6.07, 6.45) is 4.38. The third-order valence-electron chi connectivity index (χ3n) is 4.57. The standard InChI is InChI=1S/C18H17N3O2S/c1-11-12-6-4-5-9-15(12)20-18(19-11)24-10-21-16(22)13-7-2-3-8-14(13)17(21)23/h2-3,7-8H,4-6,9-10H2,1H3. The second-order valence-electron chi connectivity index (χ2n) is 6.08. The zero-order valence-corrected chi connectivity index (χ0v) is 14.2. The smallest absolute Gasteiger partial charge is 0.262 e. The Kier molecular flexibility index (Phi) is 3.84. The third kappa shape index (κ3) is 2.51. The van der Waals surface area contributed by atoms with Crippen LogP contribution in [0.4, 0.5) is 0 Å². The molecule has 4 rings (SSSR count). The zero-order chi connectivity index (χ0) is 16.7. The van der Waals surface area contributed by atoms with Gasteiger partial charge in [-0.1, -0.05) is 23.9 Å². The fourth-order valence-corrected chi connectivity index (χ4v) is 4.15. The molecule has 1 aliphatic heterocycles. The number of imide groups is 1. The van der Waals surface area contributed by atoms with E-state index >= 15 is 0 Å². The van der Waals surface area contributed by atoms with Crippen molar-refractivity contribution in [1.82, 2.24) is 14.9 Å². The van der Waals surface area contributed by atoms with Gasteiger partial charge in [-0.25, -0.2) is 9.97 Å². The lowest BCUT2D eigenvalue weighted by molar-refractivity contribution is 0.0684. The van der Waals surface area contributed by atoms with Crippen LogP contribution in [0.2, 0.25) is 0 Å². The van der Waals surface area contributed by atoms with Gasteiger partial charge in [0.25, 0.3) is 11.8 Å². The molecule has 24 heavy (non-hydrogen) atoms. The molecule has 0 spiro atoms. The Morgan fingerprint density at radius 3 is 2.42 bits per heavy atom. The Morgan fingerprint density at radius 1 is 1.04 bits per heavy atom. The van der Waals surface area contributed by atoms with Gasteiger partial charge in [0.05, 0.1) is 17.0 Å². The number of rotatable bonds is 3. The van der Waals surface area contributed by atoms with Gasteiger partial charge in [0.15, 0.2) is 5.16 Å². The molecule has 1 aromatic carbocycles. The summed E-state index contributed by atoms with van der Waals surface area (Å²) < 4.78 is 0. The summed E-state index contributed by atoms with van der Waals surface area (Å²) in [5.74, 6) is -0.236. The average molecular weight is 339 g/mol. The van der Waals surface area contributed by atoms with Gasteiger partial charge < -0.3 is 0 Å². The molecule has 0 N–H and O–H groups in total. The number of hydrogen-bond donors (Lipinski definition) is 0. The van der Waals surface area contributed by atoms with Crippen molar-refractivity contribution in [3.8, 4) is 0 Å². The number of thioether (sulfide) groups is 1. The predicted molar refractivity (Wildman–Crippen MR) is 91.1 cm³/mol. The van der Waals surface area contributed by atoms with E-state index in [9.17, 15) is 9.59 Å². The number of nitrogens with zero attached hydrogens (tertiary/aromatic N) is 3. The summed E-state index contributed by atoms with van der Waals surface area (Å²) in [7, 11) is 0. The number of amides is 2. The van der Waals surface area contributed by atoms with Gasteiger partial charge in [0, 0.05) is 11.4 Å². The van der Waals surface area contributed by atoms with Gasteiger partial charge >= 0.3 is 0 Å². The molecule has 1 aromatic heterocycles. The summed E-state index contributed by atoms with van der Waals surface area (Å²) in [4.78, 5) is 35.2. The van der Waals surface area contributed by atoms with Crippen molar-refractivity contribution in [1.29, 1.82) is 0 Å². The van der Waals surface area contributed by atoms with Crippen molar-refractivity contribution in [2.45, 2.75) is 37.8 Å². The Bertz CT molecular complexity index is 815. The van der Waals surface area contributed by atoms with Crippen LogP contribution in [-0.2, 0) is 12.8 Å². The molecule has 0 atom stereocenters. The predicted octanol–water partition coefficient (Wildman–Crippen LogP) is 3.01. The third-order valence-corrected chi connectivity index (χ3v) is 5.40. The van der Waals surface area contributed by atoms with E-state index in [1.165, 1.54) is 28.6 Å². The van der Waals surface area contributed by atoms with E-state index in [0.29, 0.717) is 16.3 Å². The summed E-state index contributed by atoms with van der Waals surface area (Å²) in [5.41, 5.74) is 4.37. The Hall–Kier alpha value is -2.21. The van der Waals surface area contributed by atoms with E-state index in [4.69, 9.17) is 0 Å². The quantitative estimate of drug-likeness (QED) is 0.489. The summed E-state index contributed by atoms with van der Waals surface area (Å²) >= 11 is 1.34. The SMILES string of the molecule is Cc1nc(SCN2C(=O)c3ccccc3C2=O)nc2c1CCCC2. The van der Waals surface area contributed by atoms with E-state index in [0.717, 1.165) is 30.7 Å². The van der Waals surface area contributed by atoms with Crippen LogP contribution in [0.15, 0.2) is 29.4 Å². The highest BCUT2D eigenvalue weighted by molar-refractivity contribution is 7.99. The molecule has 2 aliphatic rings. The molecule has 6 heteroatoms. The van der Waals surface area contributed by atoms with E-state index in [2.05, 4.69) is 9.97 Å². The minimum absolute atomic E-state index is 0.238. The van der Waals surface area contributed by atoms with Crippen molar-refractivity contribution in [2.75, 3.05) is 5.88 Å². The molecule has 5 nitrogen and oxygen atoms in total. The highest BCUT2D eigenvalue weighted by Crippen LogP contribution is 2.28. The lowest BCUT2D eigenvalue weighted by Gasteiger charge is -2.18. The molecule has 2 amide bonds. The summed E-state index contributed by atoms with van der Waals surface area (Å²) in [6, 6.07) is 6.94. The zero-order valence-electron chi connectivity index (χ0n) is 13.4. The molecule has 2 heterocycles. The molecular weight excluding hydrogens is 322 g/mol. The van der Waals surface area contributed by atoms with Crippen LogP contribution >= 0.6 is 11.8 Å². The minimum atomic E-state index is -0.238. The lowest BCUT2D eigenvalue weighted by atomic mass is 9.95. The van der Waals surface area contributed by atoms with Gasteiger partial charge in [0.1, 0.15) is 0 Å². The maximum atomic E-state index is 12.4. The minimum Gasteiger partial charge on any atom is -0.269 e. The van der Waals surface area contributed by atoms with Crippen molar-refractivity contribution in [2.24, 2.45) is 0 Å². The molecule has 0 saturated heterocycles. The second kappa shape index (κ2) is 6.02. The average Bonchev–Trinajstić information content (AvgIpc) is 2.85.